The molecule has 0 unspecified atom stereocenters. The molecule has 0 aliphatic rings. The first-order chi connectivity index (χ1) is 35.6. The molecule has 1 heterocycles. The molecule has 1 aromatic heterocycles. The van der Waals surface area contributed by atoms with Gasteiger partial charge in [-0.05, 0) is 59.5 Å². The highest BCUT2D eigenvalue weighted by Gasteiger charge is 2.37. The molecular formula is C57H75N9O8. The lowest BCUT2D eigenvalue weighted by Gasteiger charge is -2.31. The Morgan fingerprint density at radius 2 is 0.919 bits per heavy atom. The smallest absolute Gasteiger partial charge is 0.328 e. The predicted molar refractivity (Wildman–Crippen MR) is 286 cm³/mol. The van der Waals surface area contributed by atoms with Crippen LogP contribution in [-0.4, -0.2) is 102 Å². The molecule has 17 nitrogen and oxygen atoms in total. The van der Waals surface area contributed by atoms with Crippen LogP contribution in [0.1, 0.15) is 82.1 Å². The van der Waals surface area contributed by atoms with Gasteiger partial charge in [-0.25, -0.2) is 4.79 Å². The molecule has 0 aliphatic carbocycles. The van der Waals surface area contributed by atoms with Crippen LogP contribution in [0.15, 0.2) is 121 Å². The van der Waals surface area contributed by atoms with Crippen molar-refractivity contribution in [2.75, 3.05) is 13.7 Å². The highest BCUT2D eigenvalue weighted by atomic mass is 16.5. The summed E-state index contributed by atoms with van der Waals surface area (Å²) in [5.74, 6) is -5.28. The van der Waals surface area contributed by atoms with E-state index in [1.165, 1.54) is 7.11 Å². The van der Waals surface area contributed by atoms with Gasteiger partial charge in [0.25, 0.3) is 0 Å². The van der Waals surface area contributed by atoms with Crippen LogP contribution >= 0.6 is 0 Å². The molecule has 0 fully saturated rings. The number of aromatic amines is 1. The van der Waals surface area contributed by atoms with Crippen LogP contribution < -0.4 is 43.4 Å². The molecular weight excluding hydrogens is 939 g/mol. The minimum absolute atomic E-state index is 0.0112. The lowest BCUT2D eigenvalue weighted by Crippen LogP contribution is -2.62. The van der Waals surface area contributed by atoms with Crippen LogP contribution in [0.2, 0.25) is 0 Å². The van der Waals surface area contributed by atoms with Gasteiger partial charge in [-0.15, -0.1) is 0 Å². The average molecular weight is 1010 g/mol. The van der Waals surface area contributed by atoms with Crippen molar-refractivity contribution in [1.82, 2.24) is 36.9 Å². The number of ether oxygens (including phenoxy) is 1. The van der Waals surface area contributed by atoms with Gasteiger partial charge in [-0.1, -0.05) is 156 Å². The molecule has 11 N–H and O–H groups in total. The van der Waals surface area contributed by atoms with E-state index in [2.05, 4.69) is 36.9 Å². The summed E-state index contributed by atoms with van der Waals surface area (Å²) in [7, 11) is 1.24. The number of para-hydroxylation sites is 1. The summed E-state index contributed by atoms with van der Waals surface area (Å²) in [5.41, 5.74) is 15.7. The Bertz CT molecular complexity index is 2600. The topological polar surface area (TPSA) is 269 Å². The third-order valence-electron chi connectivity index (χ3n) is 13.5. The van der Waals surface area contributed by atoms with Crippen LogP contribution in [0.25, 0.3) is 10.9 Å². The van der Waals surface area contributed by atoms with E-state index < -0.39 is 95.5 Å². The van der Waals surface area contributed by atoms with Crippen molar-refractivity contribution in [2.24, 2.45) is 23.3 Å². The van der Waals surface area contributed by atoms with Crippen molar-refractivity contribution in [3.8, 4) is 0 Å². The predicted octanol–water partition coefficient (Wildman–Crippen LogP) is 4.07. The molecule has 74 heavy (non-hydrogen) atoms. The van der Waals surface area contributed by atoms with Crippen LogP contribution in [0.3, 0.4) is 0 Å². The maximum atomic E-state index is 14.7. The summed E-state index contributed by atoms with van der Waals surface area (Å²) in [6.45, 7) is 7.80. The number of carbonyl (C=O) groups excluding carboxylic acids is 7. The summed E-state index contributed by atoms with van der Waals surface area (Å²) in [5, 5.41) is 18.1. The zero-order valence-corrected chi connectivity index (χ0v) is 43.2. The normalized spacial score (nSPS) is 14.9. The summed E-state index contributed by atoms with van der Waals surface area (Å²) in [6.07, 6.45) is 4.65. The average Bonchev–Trinajstić information content (AvgIpc) is 3.83. The summed E-state index contributed by atoms with van der Waals surface area (Å²) < 4.78 is 5.10. The van der Waals surface area contributed by atoms with Crippen molar-refractivity contribution in [2.45, 2.75) is 128 Å². The Labute approximate surface area is 434 Å². The Kier molecular flexibility index (Phi) is 22.8. The van der Waals surface area contributed by atoms with Gasteiger partial charge in [0.1, 0.15) is 36.3 Å². The van der Waals surface area contributed by atoms with E-state index in [4.69, 9.17) is 16.2 Å². The SMILES string of the molecule is CC[C@H](C)[C@H](NC(=O)[C@H](Cc1ccccc1)NC(=O)[C@H](Cc1ccccc1)NC(=O)[C@H](Cc1ccccc1)NC(=O)[C@@H](N)CCCCN)C(=O)N[C@H](C(=O)N[C@@H](Cc1c[nH]c2ccccc12)C(=O)OC)[C@@H](C)CC. The number of aromatic nitrogens is 1. The molecule has 0 saturated heterocycles. The van der Waals surface area contributed by atoms with Gasteiger partial charge in [0.15, 0.2) is 0 Å². The van der Waals surface area contributed by atoms with Crippen LogP contribution in [-0.2, 0) is 64.0 Å². The fourth-order valence-corrected chi connectivity index (χ4v) is 8.66. The monoisotopic (exact) mass is 1010 g/mol. The second-order valence-electron chi connectivity index (χ2n) is 19.0. The van der Waals surface area contributed by atoms with Crippen LogP contribution in [0.5, 0.6) is 0 Å². The number of hydrogen-bond acceptors (Lipinski definition) is 10. The third kappa shape index (κ3) is 17.1. The molecule has 4 aromatic carbocycles. The Morgan fingerprint density at radius 1 is 0.514 bits per heavy atom. The number of benzene rings is 4. The van der Waals surface area contributed by atoms with E-state index in [0.717, 1.165) is 22.0 Å². The van der Waals surface area contributed by atoms with Crippen molar-refractivity contribution in [3.05, 3.63) is 144 Å². The van der Waals surface area contributed by atoms with Gasteiger partial charge in [-0.2, -0.15) is 0 Å². The standard InChI is InChI=1S/C57H75N9O8/c1-6-36(3)49(55(71)64-48(57(73)74-5)34-41-35-60-44-29-18-17-27-42(41)44)66-56(72)50(37(4)7-2)65-54(70)47(33-40-25-15-10-16-26-40)63-53(69)46(32-39-23-13-9-14-24-39)62-52(68)45(31-38-21-11-8-12-22-38)61-51(67)43(59)28-19-20-30-58/h8-18,21-27,29,35-37,43,45-50,60H,6-7,19-20,28,30-34,58-59H2,1-5H3,(H,61,67)(H,62,68)(H,63,69)(H,64,71)(H,65,70)(H,66,72)/t36-,37-,43-,45-,46-,47-,48-,49-,50-/m0/s1. The first-order valence-electron chi connectivity index (χ1n) is 25.7. The summed E-state index contributed by atoms with van der Waals surface area (Å²) in [4.78, 5) is 102. The van der Waals surface area contributed by atoms with Crippen molar-refractivity contribution in [1.29, 1.82) is 0 Å². The molecule has 0 radical (unpaired) electrons. The molecule has 5 rings (SSSR count). The maximum Gasteiger partial charge on any atom is 0.328 e. The van der Waals surface area contributed by atoms with Crippen molar-refractivity contribution >= 4 is 52.3 Å². The number of methoxy groups -OCH3 is 1. The number of nitrogens with one attached hydrogen (secondary N) is 7. The molecule has 0 bridgehead atoms. The fourth-order valence-electron chi connectivity index (χ4n) is 8.66. The zero-order valence-electron chi connectivity index (χ0n) is 43.2. The second-order valence-corrected chi connectivity index (χ2v) is 19.0. The van der Waals surface area contributed by atoms with E-state index in [9.17, 15) is 33.6 Å². The Morgan fingerprint density at radius 3 is 1.38 bits per heavy atom. The van der Waals surface area contributed by atoms with E-state index in [-0.39, 0.29) is 25.7 Å². The number of hydrogen-bond donors (Lipinski definition) is 9. The second kappa shape index (κ2) is 29.4. The lowest BCUT2D eigenvalue weighted by atomic mass is 9.94. The van der Waals surface area contributed by atoms with Gasteiger partial charge in [0, 0.05) is 42.8 Å². The maximum absolute atomic E-state index is 14.7. The Hall–Kier alpha value is -7.37. The lowest BCUT2D eigenvalue weighted by molar-refractivity contribution is -0.145. The van der Waals surface area contributed by atoms with Crippen LogP contribution in [0, 0.1) is 11.8 Å². The minimum atomic E-state index is -1.26. The molecule has 6 amide bonds. The number of esters is 1. The van der Waals surface area contributed by atoms with Gasteiger partial charge >= 0.3 is 5.97 Å². The van der Waals surface area contributed by atoms with E-state index in [1.54, 1.807) is 37.4 Å². The zero-order chi connectivity index (χ0) is 53.6. The van der Waals surface area contributed by atoms with Gasteiger partial charge in [-0.3, -0.25) is 28.8 Å². The number of carbonyl (C=O) groups is 7. The first-order valence-corrected chi connectivity index (χ1v) is 25.7. The van der Waals surface area contributed by atoms with Crippen LogP contribution in [0.4, 0.5) is 0 Å². The van der Waals surface area contributed by atoms with E-state index in [0.29, 0.717) is 49.8 Å². The molecule has 396 valence electrons. The fraction of sp³-hybridized carbons (Fsp3) is 0.421. The molecule has 0 spiro atoms. The van der Waals surface area contributed by atoms with E-state index >= 15 is 0 Å². The molecule has 0 saturated carbocycles. The van der Waals surface area contributed by atoms with Gasteiger partial charge in [0.05, 0.1) is 13.2 Å². The molecule has 17 heteroatoms. The summed E-state index contributed by atoms with van der Waals surface area (Å²) in [6, 6.07) is 26.9. The summed E-state index contributed by atoms with van der Waals surface area (Å²) >= 11 is 0. The highest BCUT2D eigenvalue weighted by Crippen LogP contribution is 2.21. The number of rotatable bonds is 29. The van der Waals surface area contributed by atoms with Gasteiger partial charge < -0.3 is 53.1 Å². The Balaban J connectivity index is 1.39. The number of nitrogens with two attached hydrogens (primary N) is 2. The first kappa shape index (κ1) is 57.5. The van der Waals surface area contributed by atoms with Crippen molar-refractivity contribution < 1.29 is 38.3 Å². The molecule has 0 aliphatic heterocycles. The number of H-pyrrole nitrogens is 1. The number of unbranched alkanes of at least 4 members (excludes halogenated alkanes) is 1. The quantitative estimate of drug-likeness (QED) is 0.0245. The molecule has 9 atom stereocenters. The largest absolute Gasteiger partial charge is 0.467 e. The molecule has 5 aromatic rings. The van der Waals surface area contributed by atoms with Gasteiger partial charge in [0.2, 0.25) is 35.4 Å². The van der Waals surface area contributed by atoms with E-state index in [1.807, 2.05) is 112 Å². The van der Waals surface area contributed by atoms with Crippen molar-refractivity contribution in [3.63, 3.8) is 0 Å². The minimum Gasteiger partial charge on any atom is -0.467 e. The third-order valence-corrected chi connectivity index (χ3v) is 13.5. The number of fused-ring (bicyclic) bond motifs is 1. The number of amides is 6. The highest BCUT2D eigenvalue weighted by molar-refractivity contribution is 5.97.